The van der Waals surface area contributed by atoms with Gasteiger partial charge in [0.25, 0.3) is 0 Å². The second-order valence-corrected chi connectivity index (χ2v) is 5.42. The van der Waals surface area contributed by atoms with Crippen LogP contribution >= 0.6 is 0 Å². The summed E-state index contributed by atoms with van der Waals surface area (Å²) in [6.07, 6.45) is 2.01. The van der Waals surface area contributed by atoms with E-state index in [9.17, 15) is 4.79 Å². The first kappa shape index (κ1) is 13.6. The number of hydrogen-bond donors (Lipinski definition) is 0. The summed E-state index contributed by atoms with van der Waals surface area (Å²) in [5.41, 5.74) is 1.49. The Kier molecular flexibility index (Phi) is 3.12. The van der Waals surface area contributed by atoms with Gasteiger partial charge in [0.1, 0.15) is 5.69 Å². The minimum atomic E-state index is -0.334. The van der Waals surface area contributed by atoms with Gasteiger partial charge in [-0.15, -0.1) is 0 Å². The van der Waals surface area contributed by atoms with Crippen LogP contribution in [0.1, 0.15) is 10.5 Å². The lowest BCUT2D eigenvalue weighted by Crippen LogP contribution is -2.08. The standard InChI is InChI=1S/C20H15NO2/c1-23-20(22)19-17-12-11-14-7-5-6-10-16(14)18(17)13-21(19)15-8-3-2-4-9-15/h2-13H,1H3. The molecule has 3 nitrogen and oxygen atoms in total. The summed E-state index contributed by atoms with van der Waals surface area (Å²) in [5, 5.41) is 4.23. The maximum atomic E-state index is 12.4. The molecule has 0 bridgehead atoms. The largest absolute Gasteiger partial charge is 0.464 e. The zero-order valence-corrected chi connectivity index (χ0v) is 12.7. The van der Waals surface area contributed by atoms with E-state index in [0.29, 0.717) is 5.69 Å². The Labute approximate surface area is 133 Å². The Morgan fingerprint density at radius 2 is 1.57 bits per heavy atom. The minimum absolute atomic E-state index is 0.334. The van der Waals surface area contributed by atoms with Crippen molar-refractivity contribution in [2.75, 3.05) is 7.11 Å². The fraction of sp³-hybridized carbons (Fsp3) is 0.0500. The molecule has 3 heteroatoms. The normalized spacial score (nSPS) is 11.0. The molecular weight excluding hydrogens is 286 g/mol. The summed E-state index contributed by atoms with van der Waals surface area (Å²) in [7, 11) is 1.41. The van der Waals surface area contributed by atoms with Gasteiger partial charge in [0.05, 0.1) is 7.11 Å². The number of hydrogen-bond acceptors (Lipinski definition) is 2. The van der Waals surface area contributed by atoms with Gasteiger partial charge >= 0.3 is 5.97 Å². The Morgan fingerprint density at radius 1 is 0.826 bits per heavy atom. The van der Waals surface area contributed by atoms with E-state index < -0.39 is 0 Å². The predicted octanol–water partition coefficient (Wildman–Crippen LogP) is 4.57. The summed E-state index contributed by atoms with van der Waals surface area (Å²) in [5.74, 6) is -0.334. The van der Waals surface area contributed by atoms with Gasteiger partial charge in [0.15, 0.2) is 0 Å². The molecule has 0 aliphatic rings. The highest BCUT2D eigenvalue weighted by Crippen LogP contribution is 2.31. The van der Waals surface area contributed by atoms with Crippen LogP contribution in [0.3, 0.4) is 0 Å². The molecule has 0 radical (unpaired) electrons. The molecule has 0 saturated carbocycles. The van der Waals surface area contributed by atoms with Gasteiger partial charge < -0.3 is 9.30 Å². The predicted molar refractivity (Wildman–Crippen MR) is 92.1 cm³/mol. The monoisotopic (exact) mass is 301 g/mol. The summed E-state index contributed by atoms with van der Waals surface area (Å²) in [6, 6.07) is 22.0. The Bertz CT molecular complexity index is 1020. The van der Waals surface area contributed by atoms with Crippen LogP contribution in [0.4, 0.5) is 0 Å². The van der Waals surface area contributed by atoms with E-state index in [0.717, 1.165) is 27.2 Å². The quantitative estimate of drug-likeness (QED) is 0.508. The first-order chi connectivity index (χ1) is 11.3. The van der Waals surface area contributed by atoms with Crippen molar-refractivity contribution in [3.05, 3.63) is 78.6 Å². The number of methoxy groups -OCH3 is 1. The maximum Gasteiger partial charge on any atom is 0.355 e. The van der Waals surface area contributed by atoms with Gasteiger partial charge in [-0.05, 0) is 22.9 Å². The average Bonchev–Trinajstić information content (AvgIpc) is 3.02. The molecule has 0 atom stereocenters. The molecule has 0 aliphatic carbocycles. The van der Waals surface area contributed by atoms with Crippen LogP contribution in [-0.2, 0) is 4.74 Å². The number of rotatable bonds is 2. The molecule has 1 heterocycles. The number of nitrogens with zero attached hydrogens (tertiary/aromatic N) is 1. The van der Waals surface area contributed by atoms with Gasteiger partial charge in [-0.3, -0.25) is 0 Å². The van der Waals surface area contributed by atoms with Crippen molar-refractivity contribution >= 4 is 27.5 Å². The molecule has 0 unspecified atom stereocenters. The van der Waals surface area contributed by atoms with Crippen molar-refractivity contribution in [3.63, 3.8) is 0 Å². The van der Waals surface area contributed by atoms with Crippen molar-refractivity contribution in [1.82, 2.24) is 4.57 Å². The molecule has 4 rings (SSSR count). The average molecular weight is 301 g/mol. The molecule has 0 aliphatic heterocycles. The van der Waals surface area contributed by atoms with Gasteiger partial charge in [-0.2, -0.15) is 0 Å². The summed E-state index contributed by atoms with van der Waals surface area (Å²) in [4.78, 5) is 12.4. The van der Waals surface area contributed by atoms with Crippen molar-refractivity contribution in [2.24, 2.45) is 0 Å². The number of benzene rings is 3. The van der Waals surface area contributed by atoms with Crippen LogP contribution in [0.2, 0.25) is 0 Å². The zero-order chi connectivity index (χ0) is 15.8. The fourth-order valence-electron chi connectivity index (χ4n) is 3.06. The lowest BCUT2D eigenvalue weighted by Gasteiger charge is -2.07. The Hall–Kier alpha value is -3.07. The SMILES string of the molecule is COC(=O)c1c2ccc3ccccc3c2cn1-c1ccccc1. The van der Waals surface area contributed by atoms with Crippen molar-refractivity contribution in [1.29, 1.82) is 0 Å². The zero-order valence-electron chi connectivity index (χ0n) is 12.7. The maximum absolute atomic E-state index is 12.4. The van der Waals surface area contributed by atoms with Crippen LogP contribution in [0, 0.1) is 0 Å². The number of para-hydroxylation sites is 1. The minimum Gasteiger partial charge on any atom is -0.464 e. The third-order valence-corrected chi connectivity index (χ3v) is 4.14. The molecule has 23 heavy (non-hydrogen) atoms. The first-order valence-corrected chi connectivity index (χ1v) is 7.46. The van der Waals surface area contributed by atoms with E-state index in [-0.39, 0.29) is 5.97 Å². The highest BCUT2D eigenvalue weighted by Gasteiger charge is 2.19. The smallest absolute Gasteiger partial charge is 0.355 e. The molecular formula is C20H15NO2. The highest BCUT2D eigenvalue weighted by molar-refractivity contribution is 6.14. The number of esters is 1. The third-order valence-electron chi connectivity index (χ3n) is 4.14. The second-order valence-electron chi connectivity index (χ2n) is 5.42. The van der Waals surface area contributed by atoms with Crippen LogP contribution < -0.4 is 0 Å². The summed E-state index contributed by atoms with van der Waals surface area (Å²) in [6.45, 7) is 0. The van der Waals surface area contributed by atoms with E-state index in [1.54, 1.807) is 0 Å². The Morgan fingerprint density at radius 3 is 2.35 bits per heavy atom. The van der Waals surface area contributed by atoms with Crippen LogP contribution in [0.25, 0.3) is 27.2 Å². The van der Waals surface area contributed by atoms with E-state index in [2.05, 4.69) is 12.1 Å². The van der Waals surface area contributed by atoms with E-state index in [1.165, 1.54) is 7.11 Å². The number of carbonyl (C=O) groups is 1. The van der Waals surface area contributed by atoms with Crippen molar-refractivity contribution in [2.45, 2.75) is 0 Å². The molecule has 0 amide bonds. The molecule has 0 spiro atoms. The molecule has 0 N–H and O–H groups in total. The van der Waals surface area contributed by atoms with Crippen LogP contribution in [-0.4, -0.2) is 17.6 Å². The van der Waals surface area contributed by atoms with Gasteiger partial charge in [-0.25, -0.2) is 4.79 Å². The number of fused-ring (bicyclic) bond motifs is 3. The van der Waals surface area contributed by atoms with Crippen LogP contribution in [0.15, 0.2) is 72.9 Å². The number of carbonyl (C=O) groups excluding carboxylic acids is 1. The number of ether oxygens (including phenoxy) is 1. The van der Waals surface area contributed by atoms with E-state index >= 15 is 0 Å². The molecule has 0 saturated heterocycles. The molecule has 3 aromatic carbocycles. The lowest BCUT2D eigenvalue weighted by atomic mass is 10.0. The molecule has 4 aromatic rings. The summed E-state index contributed by atoms with van der Waals surface area (Å²) >= 11 is 0. The van der Waals surface area contributed by atoms with E-state index in [4.69, 9.17) is 4.74 Å². The Balaban J connectivity index is 2.13. The summed E-state index contributed by atoms with van der Waals surface area (Å²) < 4.78 is 6.92. The second kappa shape index (κ2) is 5.29. The van der Waals surface area contributed by atoms with Crippen molar-refractivity contribution < 1.29 is 9.53 Å². The first-order valence-electron chi connectivity index (χ1n) is 7.46. The topological polar surface area (TPSA) is 31.2 Å². The number of aromatic nitrogens is 1. The molecule has 112 valence electrons. The fourth-order valence-corrected chi connectivity index (χ4v) is 3.06. The van der Waals surface area contributed by atoms with Gasteiger partial charge in [-0.1, -0.05) is 54.6 Å². The van der Waals surface area contributed by atoms with Gasteiger partial charge in [0.2, 0.25) is 0 Å². The highest BCUT2D eigenvalue weighted by atomic mass is 16.5. The van der Waals surface area contributed by atoms with Crippen molar-refractivity contribution in [3.8, 4) is 5.69 Å². The van der Waals surface area contributed by atoms with E-state index in [1.807, 2.05) is 65.4 Å². The molecule has 1 aromatic heterocycles. The lowest BCUT2D eigenvalue weighted by molar-refractivity contribution is 0.0594. The van der Waals surface area contributed by atoms with Crippen LogP contribution in [0.5, 0.6) is 0 Å². The third kappa shape index (κ3) is 2.09. The van der Waals surface area contributed by atoms with Gasteiger partial charge in [0, 0.05) is 22.7 Å². The molecule has 0 fully saturated rings.